The van der Waals surface area contributed by atoms with E-state index in [2.05, 4.69) is 5.32 Å². The molecule has 0 aromatic heterocycles. The van der Waals surface area contributed by atoms with Crippen molar-refractivity contribution in [1.29, 1.82) is 0 Å². The van der Waals surface area contributed by atoms with E-state index in [1.165, 1.54) is 12.1 Å². The summed E-state index contributed by atoms with van der Waals surface area (Å²) in [7, 11) is 1.98. The van der Waals surface area contributed by atoms with E-state index in [9.17, 15) is 9.18 Å². The number of hydrogen-bond acceptors (Lipinski definition) is 3. The molecule has 140 valence electrons. The van der Waals surface area contributed by atoms with Gasteiger partial charge in [0.05, 0.1) is 5.41 Å². The zero-order valence-electron chi connectivity index (χ0n) is 14.8. The summed E-state index contributed by atoms with van der Waals surface area (Å²) in [5.41, 5.74) is 0.372. The van der Waals surface area contributed by atoms with E-state index < -0.39 is 5.41 Å². The van der Waals surface area contributed by atoms with Crippen LogP contribution in [0.2, 0.25) is 0 Å². The van der Waals surface area contributed by atoms with E-state index in [1.807, 2.05) is 11.9 Å². The van der Waals surface area contributed by atoms with Crippen molar-refractivity contribution < 1.29 is 13.9 Å². The molecule has 1 aromatic carbocycles. The zero-order valence-corrected chi connectivity index (χ0v) is 15.6. The molecule has 1 amide bonds. The van der Waals surface area contributed by atoms with Gasteiger partial charge in [-0.05, 0) is 62.9 Å². The zero-order chi connectivity index (χ0) is 17.0. The Morgan fingerprint density at radius 3 is 2.40 bits per heavy atom. The number of amides is 1. The minimum absolute atomic E-state index is 0. The van der Waals surface area contributed by atoms with Crippen LogP contribution in [-0.2, 0) is 14.9 Å². The van der Waals surface area contributed by atoms with E-state index >= 15 is 0 Å². The Morgan fingerprint density at radius 2 is 1.84 bits per heavy atom. The van der Waals surface area contributed by atoms with Crippen LogP contribution in [0, 0.1) is 11.7 Å². The van der Waals surface area contributed by atoms with Crippen LogP contribution in [0.1, 0.15) is 31.2 Å². The molecule has 1 N–H and O–H groups in total. The van der Waals surface area contributed by atoms with Crippen molar-refractivity contribution in [2.24, 2.45) is 5.92 Å². The monoisotopic (exact) mass is 370 g/mol. The molecule has 2 fully saturated rings. The van der Waals surface area contributed by atoms with Gasteiger partial charge in [0.2, 0.25) is 5.91 Å². The number of nitrogens with one attached hydrogen (secondary N) is 1. The lowest BCUT2D eigenvalue weighted by Gasteiger charge is -2.42. The van der Waals surface area contributed by atoms with Gasteiger partial charge in [-0.15, -0.1) is 12.4 Å². The Bertz CT molecular complexity index is 553. The molecule has 0 saturated carbocycles. The first-order chi connectivity index (χ1) is 11.7. The highest BCUT2D eigenvalue weighted by Crippen LogP contribution is 2.37. The van der Waals surface area contributed by atoms with Gasteiger partial charge in [-0.1, -0.05) is 12.1 Å². The van der Waals surface area contributed by atoms with E-state index in [0.717, 1.165) is 38.0 Å². The first kappa shape index (κ1) is 20.1. The van der Waals surface area contributed by atoms with Crippen LogP contribution >= 0.6 is 12.4 Å². The SMILES string of the molecule is CNCC1CCN(C(=O)C2(c3ccc(F)cc3)CCOCC2)CC1.Cl. The molecular formula is C19H28ClFN2O2. The summed E-state index contributed by atoms with van der Waals surface area (Å²) in [5.74, 6) is 0.581. The molecule has 2 aliphatic rings. The van der Waals surface area contributed by atoms with Gasteiger partial charge in [0.15, 0.2) is 0 Å². The van der Waals surface area contributed by atoms with Gasteiger partial charge in [-0.2, -0.15) is 0 Å². The molecule has 2 heterocycles. The number of carbonyl (C=O) groups is 1. The molecule has 0 aliphatic carbocycles. The summed E-state index contributed by atoms with van der Waals surface area (Å²) in [6.45, 7) is 3.81. The lowest BCUT2D eigenvalue weighted by molar-refractivity contribution is -0.142. The molecule has 25 heavy (non-hydrogen) atoms. The van der Waals surface area contributed by atoms with Crippen LogP contribution in [0.15, 0.2) is 24.3 Å². The van der Waals surface area contributed by atoms with Gasteiger partial charge < -0.3 is 15.0 Å². The quantitative estimate of drug-likeness (QED) is 0.886. The molecule has 3 rings (SSSR count). The van der Waals surface area contributed by atoms with Crippen molar-refractivity contribution in [2.75, 3.05) is 39.9 Å². The molecule has 0 spiro atoms. The second-order valence-corrected chi connectivity index (χ2v) is 6.99. The van der Waals surface area contributed by atoms with Crippen LogP contribution in [-0.4, -0.2) is 50.7 Å². The van der Waals surface area contributed by atoms with Crippen molar-refractivity contribution in [3.05, 3.63) is 35.6 Å². The Kier molecular flexibility index (Phi) is 7.23. The Labute approximate surface area is 155 Å². The number of halogens is 2. The number of nitrogens with zero attached hydrogens (tertiary/aromatic N) is 1. The van der Waals surface area contributed by atoms with Gasteiger partial charge in [-0.25, -0.2) is 4.39 Å². The second-order valence-electron chi connectivity index (χ2n) is 6.99. The minimum Gasteiger partial charge on any atom is -0.381 e. The third-order valence-corrected chi connectivity index (χ3v) is 5.55. The molecule has 2 aliphatic heterocycles. The van der Waals surface area contributed by atoms with Crippen molar-refractivity contribution in [3.63, 3.8) is 0 Å². The van der Waals surface area contributed by atoms with Crippen LogP contribution in [0.4, 0.5) is 4.39 Å². The summed E-state index contributed by atoms with van der Waals surface area (Å²) >= 11 is 0. The van der Waals surface area contributed by atoms with Crippen molar-refractivity contribution >= 4 is 18.3 Å². The van der Waals surface area contributed by atoms with Crippen LogP contribution < -0.4 is 5.32 Å². The van der Waals surface area contributed by atoms with E-state index in [-0.39, 0.29) is 24.1 Å². The standard InChI is InChI=1S/C19H27FN2O2.ClH/c1-21-14-15-6-10-22(11-7-15)18(23)19(8-12-24-13-9-19)16-2-4-17(20)5-3-16;/h2-5,15,21H,6-14H2,1H3;1H. The van der Waals surface area contributed by atoms with Crippen molar-refractivity contribution in [3.8, 4) is 0 Å². The third kappa shape index (κ3) is 4.33. The Morgan fingerprint density at radius 1 is 1.24 bits per heavy atom. The summed E-state index contributed by atoms with van der Waals surface area (Å²) < 4.78 is 18.8. The second kappa shape index (κ2) is 8.97. The lowest BCUT2D eigenvalue weighted by atomic mass is 9.72. The summed E-state index contributed by atoms with van der Waals surface area (Å²) in [6, 6.07) is 6.45. The summed E-state index contributed by atoms with van der Waals surface area (Å²) in [6.07, 6.45) is 3.44. The number of piperidine rings is 1. The predicted octanol–water partition coefficient (Wildman–Crippen LogP) is 2.75. The highest BCUT2D eigenvalue weighted by molar-refractivity contribution is 5.88. The number of hydrogen-bond donors (Lipinski definition) is 1. The molecule has 6 heteroatoms. The molecule has 0 unspecified atom stereocenters. The first-order valence-electron chi connectivity index (χ1n) is 8.93. The summed E-state index contributed by atoms with van der Waals surface area (Å²) in [4.78, 5) is 15.4. The normalized spacial score (nSPS) is 20.8. The molecule has 0 atom stereocenters. The topological polar surface area (TPSA) is 41.6 Å². The molecule has 0 bridgehead atoms. The summed E-state index contributed by atoms with van der Waals surface area (Å²) in [5, 5.41) is 3.23. The van der Waals surface area contributed by atoms with Gasteiger partial charge in [0, 0.05) is 26.3 Å². The fourth-order valence-electron chi connectivity index (χ4n) is 4.05. The fourth-order valence-corrected chi connectivity index (χ4v) is 4.05. The molecular weight excluding hydrogens is 343 g/mol. The van der Waals surface area contributed by atoms with Crippen LogP contribution in [0.25, 0.3) is 0 Å². The van der Waals surface area contributed by atoms with Gasteiger partial charge in [0.1, 0.15) is 5.82 Å². The predicted molar refractivity (Wildman–Crippen MR) is 98.6 cm³/mol. The molecule has 4 nitrogen and oxygen atoms in total. The smallest absolute Gasteiger partial charge is 0.233 e. The number of benzene rings is 1. The largest absolute Gasteiger partial charge is 0.381 e. The van der Waals surface area contributed by atoms with Gasteiger partial charge >= 0.3 is 0 Å². The maximum absolute atomic E-state index is 13.4. The Balaban J connectivity index is 0.00000225. The van der Waals surface area contributed by atoms with Gasteiger partial charge in [0.25, 0.3) is 0 Å². The fraction of sp³-hybridized carbons (Fsp3) is 0.632. The average molecular weight is 371 g/mol. The highest BCUT2D eigenvalue weighted by Gasteiger charge is 2.44. The molecule has 1 aromatic rings. The highest BCUT2D eigenvalue weighted by atomic mass is 35.5. The van der Waals surface area contributed by atoms with Crippen molar-refractivity contribution in [1.82, 2.24) is 10.2 Å². The first-order valence-corrected chi connectivity index (χ1v) is 8.93. The number of ether oxygens (including phenoxy) is 1. The van der Waals surface area contributed by atoms with Crippen molar-refractivity contribution in [2.45, 2.75) is 31.1 Å². The third-order valence-electron chi connectivity index (χ3n) is 5.55. The lowest BCUT2D eigenvalue weighted by Crippen LogP contribution is -2.52. The van der Waals surface area contributed by atoms with Gasteiger partial charge in [-0.3, -0.25) is 4.79 Å². The number of carbonyl (C=O) groups excluding carboxylic acids is 1. The van der Waals surface area contributed by atoms with Crippen LogP contribution in [0.5, 0.6) is 0 Å². The average Bonchev–Trinajstić information content (AvgIpc) is 2.63. The number of likely N-dealkylation sites (tertiary alicyclic amines) is 1. The van der Waals surface area contributed by atoms with Crippen LogP contribution in [0.3, 0.4) is 0 Å². The van der Waals surface area contributed by atoms with E-state index in [0.29, 0.717) is 32.0 Å². The van der Waals surface area contributed by atoms with E-state index in [1.54, 1.807) is 12.1 Å². The Hall–Kier alpha value is -1.17. The molecule has 2 saturated heterocycles. The van der Waals surface area contributed by atoms with E-state index in [4.69, 9.17) is 4.74 Å². The molecule has 0 radical (unpaired) electrons. The minimum atomic E-state index is -0.554. The number of rotatable bonds is 4. The maximum atomic E-state index is 13.4. The maximum Gasteiger partial charge on any atom is 0.233 e.